The van der Waals surface area contributed by atoms with Crippen molar-refractivity contribution in [3.8, 4) is 5.75 Å². The molecule has 0 aliphatic heterocycles. The highest BCUT2D eigenvalue weighted by Crippen LogP contribution is 2.36. The van der Waals surface area contributed by atoms with E-state index in [1.165, 1.54) is 0 Å². The second-order valence-electron chi connectivity index (χ2n) is 7.44. The van der Waals surface area contributed by atoms with E-state index >= 15 is 0 Å². The lowest BCUT2D eigenvalue weighted by atomic mass is 9.74. The summed E-state index contributed by atoms with van der Waals surface area (Å²) in [6.07, 6.45) is 0.452. The molecule has 1 unspecified atom stereocenters. The van der Waals surface area contributed by atoms with Gasteiger partial charge in [-0.2, -0.15) is 0 Å². The molecular formula is C21H27NO3. The highest BCUT2D eigenvalue weighted by Gasteiger charge is 2.27. The van der Waals surface area contributed by atoms with E-state index in [0.29, 0.717) is 5.69 Å². The Bertz CT molecular complexity index is 714. The second-order valence-corrected chi connectivity index (χ2v) is 7.44. The number of aromatic hydroxyl groups is 1. The number of ether oxygens (including phenoxy) is 1. The summed E-state index contributed by atoms with van der Waals surface area (Å²) in [5.41, 5.74) is 2.29. The number of benzene rings is 2. The Morgan fingerprint density at radius 2 is 1.44 bits per heavy atom. The van der Waals surface area contributed by atoms with Crippen LogP contribution in [0.25, 0.3) is 0 Å². The molecule has 0 bridgehead atoms. The zero-order valence-corrected chi connectivity index (χ0v) is 15.6. The zero-order valence-electron chi connectivity index (χ0n) is 15.6. The summed E-state index contributed by atoms with van der Waals surface area (Å²) >= 11 is 0. The Kier molecular flexibility index (Phi) is 5.41. The average Bonchev–Trinajstić information content (AvgIpc) is 2.53. The van der Waals surface area contributed by atoms with E-state index in [-0.39, 0.29) is 11.2 Å². The molecule has 0 radical (unpaired) electrons. The van der Waals surface area contributed by atoms with Gasteiger partial charge in [0.2, 0.25) is 0 Å². The Hall–Kier alpha value is -2.49. The predicted octanol–water partition coefficient (Wildman–Crippen LogP) is 5.46. The van der Waals surface area contributed by atoms with Crippen LogP contribution in [0.3, 0.4) is 0 Å². The molecule has 134 valence electrons. The molecule has 2 aromatic rings. The maximum absolute atomic E-state index is 11.9. The van der Waals surface area contributed by atoms with E-state index < -0.39 is 11.7 Å². The van der Waals surface area contributed by atoms with E-state index in [9.17, 15) is 9.90 Å². The lowest BCUT2D eigenvalue weighted by Crippen LogP contribution is -2.27. The molecule has 0 spiro atoms. The number of hydrogen-bond donors (Lipinski definition) is 2. The summed E-state index contributed by atoms with van der Waals surface area (Å²) in [6.45, 7) is 9.81. The van der Waals surface area contributed by atoms with Crippen LogP contribution in [0.5, 0.6) is 5.75 Å². The van der Waals surface area contributed by atoms with E-state index in [0.717, 1.165) is 17.5 Å². The number of nitrogens with one attached hydrogen (secondary N) is 1. The first-order valence-corrected chi connectivity index (χ1v) is 8.54. The minimum atomic E-state index is -0.524. The molecule has 0 aliphatic rings. The summed E-state index contributed by atoms with van der Waals surface area (Å²) in [5, 5.41) is 12.3. The maximum Gasteiger partial charge on any atom is 0.412 e. The number of carbonyl (C=O) groups excluding carboxylic acids is 1. The fourth-order valence-electron chi connectivity index (χ4n) is 2.75. The van der Waals surface area contributed by atoms with E-state index in [1.807, 2.05) is 57.2 Å². The lowest BCUT2D eigenvalue weighted by Gasteiger charge is -2.30. The molecule has 4 nitrogen and oxygen atoms in total. The number of hydrogen-bond acceptors (Lipinski definition) is 3. The van der Waals surface area contributed by atoms with Gasteiger partial charge in [-0.05, 0) is 62.6 Å². The molecule has 1 atom stereocenters. The molecule has 2 aromatic carbocycles. The van der Waals surface area contributed by atoms with Crippen molar-refractivity contribution in [1.29, 1.82) is 0 Å². The van der Waals surface area contributed by atoms with Gasteiger partial charge in [-0.3, -0.25) is 5.32 Å². The summed E-state index contributed by atoms with van der Waals surface area (Å²) in [4.78, 5) is 11.9. The summed E-state index contributed by atoms with van der Waals surface area (Å²) in [6, 6.07) is 15.1. The first-order chi connectivity index (χ1) is 11.6. The standard InChI is InChI=1S/C21H27NO3/c1-6-21(5,16-9-13-18(23)14-10-16)15-7-11-17(12-8-15)22-19(24)25-20(2,3)4/h7-14,23H,6H2,1-5H3,(H,22,24). The zero-order chi connectivity index (χ0) is 18.7. The van der Waals surface area contributed by atoms with Crippen molar-refractivity contribution in [3.05, 3.63) is 59.7 Å². The number of anilines is 1. The van der Waals surface area contributed by atoms with Crippen LogP contribution < -0.4 is 5.32 Å². The lowest BCUT2D eigenvalue weighted by molar-refractivity contribution is 0.0636. The third kappa shape index (κ3) is 4.75. The van der Waals surface area contributed by atoms with Gasteiger partial charge < -0.3 is 9.84 Å². The van der Waals surface area contributed by atoms with Crippen molar-refractivity contribution >= 4 is 11.8 Å². The molecule has 0 aliphatic carbocycles. The van der Waals surface area contributed by atoms with Crippen LogP contribution in [0, 0.1) is 0 Å². The molecule has 25 heavy (non-hydrogen) atoms. The first kappa shape index (κ1) is 18.8. The van der Waals surface area contributed by atoms with Gasteiger partial charge in [0.15, 0.2) is 0 Å². The van der Waals surface area contributed by atoms with Crippen molar-refractivity contribution in [2.45, 2.75) is 52.1 Å². The fourth-order valence-corrected chi connectivity index (χ4v) is 2.75. The van der Waals surface area contributed by atoms with Gasteiger partial charge in [0.05, 0.1) is 0 Å². The van der Waals surface area contributed by atoms with Crippen LogP contribution in [0.2, 0.25) is 0 Å². The predicted molar refractivity (Wildman–Crippen MR) is 101 cm³/mol. The summed E-state index contributed by atoms with van der Waals surface area (Å²) in [5.74, 6) is 0.263. The monoisotopic (exact) mass is 341 g/mol. The Balaban J connectivity index is 2.19. The number of carbonyl (C=O) groups is 1. The first-order valence-electron chi connectivity index (χ1n) is 8.54. The average molecular weight is 341 g/mol. The molecule has 1 amide bonds. The molecule has 4 heteroatoms. The highest BCUT2D eigenvalue weighted by atomic mass is 16.6. The van der Waals surface area contributed by atoms with E-state index in [4.69, 9.17) is 4.74 Å². The third-order valence-corrected chi connectivity index (χ3v) is 4.38. The minimum Gasteiger partial charge on any atom is -0.508 e. The highest BCUT2D eigenvalue weighted by molar-refractivity contribution is 5.84. The minimum absolute atomic E-state index is 0.169. The number of amides is 1. The smallest absolute Gasteiger partial charge is 0.412 e. The fraction of sp³-hybridized carbons (Fsp3) is 0.381. The van der Waals surface area contributed by atoms with Crippen molar-refractivity contribution in [1.82, 2.24) is 0 Å². The van der Waals surface area contributed by atoms with Gasteiger partial charge in [0, 0.05) is 11.1 Å². The Labute approximate surface area is 149 Å². The van der Waals surface area contributed by atoms with Crippen LogP contribution >= 0.6 is 0 Å². The van der Waals surface area contributed by atoms with Gasteiger partial charge >= 0.3 is 6.09 Å². The van der Waals surface area contributed by atoms with Crippen molar-refractivity contribution < 1.29 is 14.6 Å². The topological polar surface area (TPSA) is 58.6 Å². The normalized spacial score (nSPS) is 13.8. The summed E-state index contributed by atoms with van der Waals surface area (Å²) in [7, 11) is 0. The molecule has 0 saturated heterocycles. The SMILES string of the molecule is CCC(C)(c1ccc(O)cc1)c1ccc(NC(=O)OC(C)(C)C)cc1. The van der Waals surface area contributed by atoms with Gasteiger partial charge in [0.1, 0.15) is 11.4 Å². The molecule has 0 fully saturated rings. The molecule has 0 aromatic heterocycles. The number of phenols is 1. The molecule has 0 heterocycles. The second kappa shape index (κ2) is 7.18. The van der Waals surface area contributed by atoms with Gasteiger partial charge in [-0.25, -0.2) is 4.79 Å². The van der Waals surface area contributed by atoms with Gasteiger partial charge in [0.25, 0.3) is 0 Å². The van der Waals surface area contributed by atoms with E-state index in [1.54, 1.807) is 12.1 Å². The molecule has 0 saturated carbocycles. The van der Waals surface area contributed by atoms with Crippen LogP contribution in [0.4, 0.5) is 10.5 Å². The van der Waals surface area contributed by atoms with Crippen LogP contribution in [0.15, 0.2) is 48.5 Å². The van der Waals surface area contributed by atoms with Crippen molar-refractivity contribution in [3.63, 3.8) is 0 Å². The molecule has 2 rings (SSSR count). The number of phenolic OH excluding ortho intramolecular Hbond substituents is 1. The van der Waals surface area contributed by atoms with E-state index in [2.05, 4.69) is 19.2 Å². The van der Waals surface area contributed by atoms with Gasteiger partial charge in [-0.1, -0.05) is 38.1 Å². The maximum atomic E-state index is 11.9. The van der Waals surface area contributed by atoms with Gasteiger partial charge in [-0.15, -0.1) is 0 Å². The molecular weight excluding hydrogens is 314 g/mol. The Morgan fingerprint density at radius 3 is 1.88 bits per heavy atom. The quantitative estimate of drug-likeness (QED) is 0.777. The Morgan fingerprint density at radius 1 is 0.960 bits per heavy atom. The summed E-state index contributed by atoms with van der Waals surface area (Å²) < 4.78 is 5.27. The van der Waals surface area contributed by atoms with Crippen LogP contribution in [-0.2, 0) is 10.2 Å². The largest absolute Gasteiger partial charge is 0.508 e. The van der Waals surface area contributed by atoms with Crippen molar-refractivity contribution in [2.24, 2.45) is 0 Å². The van der Waals surface area contributed by atoms with Crippen LogP contribution in [-0.4, -0.2) is 16.8 Å². The molecule has 2 N–H and O–H groups in total. The number of rotatable bonds is 4. The van der Waals surface area contributed by atoms with Crippen LogP contribution in [0.1, 0.15) is 52.2 Å². The third-order valence-electron chi connectivity index (χ3n) is 4.38. The van der Waals surface area contributed by atoms with Crippen molar-refractivity contribution in [2.75, 3.05) is 5.32 Å².